The van der Waals surface area contributed by atoms with Crippen molar-refractivity contribution in [2.75, 3.05) is 19.8 Å². The summed E-state index contributed by atoms with van der Waals surface area (Å²) in [4.78, 5) is 28.2. The number of aliphatic hydroxyl groups excluding tert-OH is 1. The van der Waals surface area contributed by atoms with Crippen LogP contribution in [-0.2, 0) is 14.3 Å². The predicted molar refractivity (Wildman–Crippen MR) is 148 cm³/mol. The van der Waals surface area contributed by atoms with E-state index in [0.29, 0.717) is 41.6 Å². The molecule has 2 unspecified atom stereocenters. The lowest BCUT2D eigenvalue weighted by atomic mass is 9.95. The molecule has 5 rings (SSSR count). The molecule has 3 aromatic carbocycles. The van der Waals surface area contributed by atoms with Crippen LogP contribution in [0.25, 0.3) is 5.76 Å². The van der Waals surface area contributed by atoms with Crippen LogP contribution in [0.2, 0.25) is 0 Å². The minimum Gasteiger partial charge on any atom is -0.507 e. The van der Waals surface area contributed by atoms with E-state index in [4.69, 9.17) is 14.2 Å². The molecular weight excluding hydrogens is 494 g/mol. The molecule has 1 amide bonds. The Hall–Kier alpha value is -4.10. The number of ketones is 1. The standard InChI is InChI=1S/C32H33NO6/c1-2-3-18-37-24-16-14-22(15-17-24)30(34)28-29(33(32(36)31(28)35)21-27-13-8-19-38-27)23-9-7-12-26(20-23)39-25-10-5-4-6-11-25/h4-7,9-12,14-17,20,27,29,34H,2-3,8,13,18-19,21H2,1H3/b30-28-. The van der Waals surface area contributed by atoms with Crippen LogP contribution in [-0.4, -0.2) is 47.6 Å². The number of unbranched alkanes of at least 4 members (excludes halogenated alkanes) is 1. The van der Waals surface area contributed by atoms with Crippen LogP contribution in [0.15, 0.2) is 84.4 Å². The maximum atomic E-state index is 13.4. The number of hydrogen-bond donors (Lipinski definition) is 1. The Morgan fingerprint density at radius 3 is 2.46 bits per heavy atom. The molecule has 2 saturated heterocycles. The molecule has 7 heteroatoms. The molecule has 2 aliphatic rings. The highest BCUT2D eigenvalue weighted by Crippen LogP contribution is 2.41. The van der Waals surface area contributed by atoms with Crippen LogP contribution in [0.5, 0.6) is 17.2 Å². The first kappa shape index (κ1) is 26.5. The number of hydrogen-bond acceptors (Lipinski definition) is 6. The molecule has 2 atom stereocenters. The van der Waals surface area contributed by atoms with Crippen molar-refractivity contribution in [3.05, 3.63) is 95.6 Å². The van der Waals surface area contributed by atoms with Gasteiger partial charge in [-0.15, -0.1) is 0 Å². The molecule has 7 nitrogen and oxygen atoms in total. The number of para-hydroxylation sites is 1. The Bertz CT molecular complexity index is 1330. The van der Waals surface area contributed by atoms with Crippen molar-refractivity contribution in [1.29, 1.82) is 0 Å². The minimum atomic E-state index is -0.783. The molecule has 2 aliphatic heterocycles. The molecule has 39 heavy (non-hydrogen) atoms. The molecule has 0 aliphatic carbocycles. The second kappa shape index (κ2) is 12.2. The van der Waals surface area contributed by atoms with Crippen molar-refractivity contribution < 1.29 is 28.9 Å². The third kappa shape index (κ3) is 5.99. The van der Waals surface area contributed by atoms with Crippen LogP contribution < -0.4 is 9.47 Å². The van der Waals surface area contributed by atoms with Crippen molar-refractivity contribution in [3.8, 4) is 17.2 Å². The predicted octanol–water partition coefficient (Wildman–Crippen LogP) is 6.26. The van der Waals surface area contributed by atoms with Gasteiger partial charge in [-0.05, 0) is 73.4 Å². The zero-order chi connectivity index (χ0) is 27.2. The zero-order valence-corrected chi connectivity index (χ0v) is 22.0. The van der Waals surface area contributed by atoms with E-state index in [1.165, 1.54) is 4.90 Å². The van der Waals surface area contributed by atoms with Gasteiger partial charge >= 0.3 is 0 Å². The van der Waals surface area contributed by atoms with Crippen LogP contribution in [0, 0.1) is 0 Å². The van der Waals surface area contributed by atoms with E-state index in [2.05, 4.69) is 6.92 Å². The van der Waals surface area contributed by atoms with E-state index in [-0.39, 0.29) is 24.0 Å². The van der Waals surface area contributed by atoms with Crippen molar-refractivity contribution in [2.45, 2.75) is 44.8 Å². The van der Waals surface area contributed by atoms with Gasteiger partial charge in [0.2, 0.25) is 0 Å². The fourth-order valence-electron chi connectivity index (χ4n) is 4.99. The van der Waals surface area contributed by atoms with Crippen molar-refractivity contribution >= 4 is 17.4 Å². The molecular formula is C32H33NO6. The highest BCUT2D eigenvalue weighted by molar-refractivity contribution is 6.46. The molecule has 2 heterocycles. The Labute approximate surface area is 228 Å². The maximum absolute atomic E-state index is 13.4. The van der Waals surface area contributed by atoms with Crippen LogP contribution in [0.3, 0.4) is 0 Å². The van der Waals surface area contributed by atoms with Gasteiger partial charge in [0, 0.05) is 18.7 Å². The Kier molecular flexibility index (Phi) is 8.27. The fraction of sp³-hybridized carbons (Fsp3) is 0.312. The maximum Gasteiger partial charge on any atom is 0.295 e. The molecule has 0 aromatic heterocycles. The molecule has 0 bridgehead atoms. The average molecular weight is 528 g/mol. The summed E-state index contributed by atoms with van der Waals surface area (Å²) in [5, 5.41) is 11.4. The van der Waals surface area contributed by atoms with Gasteiger partial charge < -0.3 is 24.2 Å². The van der Waals surface area contributed by atoms with E-state index in [9.17, 15) is 14.7 Å². The number of rotatable bonds is 10. The van der Waals surface area contributed by atoms with E-state index < -0.39 is 17.7 Å². The number of benzene rings is 3. The molecule has 1 N–H and O–H groups in total. The smallest absolute Gasteiger partial charge is 0.295 e. The number of carbonyl (C=O) groups is 2. The van der Waals surface area contributed by atoms with Crippen molar-refractivity contribution in [1.82, 2.24) is 4.90 Å². The topological polar surface area (TPSA) is 85.3 Å². The highest BCUT2D eigenvalue weighted by atomic mass is 16.5. The van der Waals surface area contributed by atoms with Crippen LogP contribution in [0.4, 0.5) is 0 Å². The number of carbonyl (C=O) groups excluding carboxylic acids is 2. The van der Waals surface area contributed by atoms with Gasteiger partial charge in [0.15, 0.2) is 0 Å². The molecule has 0 spiro atoms. The Morgan fingerprint density at radius 1 is 0.974 bits per heavy atom. The normalized spacial score (nSPS) is 20.4. The van der Waals surface area contributed by atoms with Gasteiger partial charge in [0.05, 0.1) is 24.3 Å². The number of likely N-dealkylation sites (tertiary alicyclic amines) is 1. The van der Waals surface area contributed by atoms with E-state index in [1.807, 2.05) is 54.6 Å². The summed E-state index contributed by atoms with van der Waals surface area (Å²) in [6, 6.07) is 22.8. The summed E-state index contributed by atoms with van der Waals surface area (Å²) in [5.41, 5.74) is 1.16. The third-order valence-corrected chi connectivity index (χ3v) is 7.01. The quantitative estimate of drug-likeness (QED) is 0.145. The largest absolute Gasteiger partial charge is 0.507 e. The van der Waals surface area contributed by atoms with Crippen molar-refractivity contribution in [2.24, 2.45) is 0 Å². The summed E-state index contributed by atoms with van der Waals surface area (Å²) in [5.74, 6) is 0.335. The van der Waals surface area contributed by atoms with Gasteiger partial charge in [-0.2, -0.15) is 0 Å². The number of aliphatic hydroxyl groups is 1. The number of nitrogens with zero attached hydrogens (tertiary/aromatic N) is 1. The van der Waals surface area contributed by atoms with Crippen molar-refractivity contribution in [3.63, 3.8) is 0 Å². The number of amides is 1. The van der Waals surface area contributed by atoms with Gasteiger partial charge in [-0.3, -0.25) is 9.59 Å². The first-order chi connectivity index (χ1) is 19.0. The Balaban J connectivity index is 1.51. The average Bonchev–Trinajstić information content (AvgIpc) is 3.56. The summed E-state index contributed by atoms with van der Waals surface area (Å²) in [7, 11) is 0. The number of ether oxygens (including phenoxy) is 3. The second-order valence-corrected chi connectivity index (χ2v) is 9.80. The second-order valence-electron chi connectivity index (χ2n) is 9.80. The van der Waals surface area contributed by atoms with Crippen LogP contribution in [0.1, 0.15) is 49.8 Å². The van der Waals surface area contributed by atoms with E-state index in [0.717, 1.165) is 25.7 Å². The fourth-order valence-corrected chi connectivity index (χ4v) is 4.99. The first-order valence-electron chi connectivity index (χ1n) is 13.5. The monoisotopic (exact) mass is 527 g/mol. The molecule has 2 fully saturated rings. The SMILES string of the molecule is CCCCOc1ccc(/C(O)=C2/C(=O)C(=O)N(CC3CCCO3)C2c2cccc(Oc3ccccc3)c2)cc1. The molecule has 202 valence electrons. The number of Topliss-reactive ketones (excluding diaryl/α,β-unsaturated/α-hetero) is 1. The van der Waals surface area contributed by atoms with Crippen LogP contribution >= 0.6 is 0 Å². The minimum absolute atomic E-state index is 0.0505. The molecule has 3 aromatic rings. The van der Waals surface area contributed by atoms with E-state index in [1.54, 1.807) is 24.3 Å². The van der Waals surface area contributed by atoms with Gasteiger partial charge in [0.25, 0.3) is 11.7 Å². The van der Waals surface area contributed by atoms with Gasteiger partial charge in [0.1, 0.15) is 23.0 Å². The van der Waals surface area contributed by atoms with Gasteiger partial charge in [-0.25, -0.2) is 0 Å². The first-order valence-corrected chi connectivity index (χ1v) is 13.5. The summed E-state index contributed by atoms with van der Waals surface area (Å²) in [6.45, 7) is 3.60. The van der Waals surface area contributed by atoms with Gasteiger partial charge in [-0.1, -0.05) is 43.7 Å². The molecule has 0 saturated carbocycles. The Morgan fingerprint density at radius 2 is 1.74 bits per heavy atom. The lowest BCUT2D eigenvalue weighted by molar-refractivity contribution is -0.140. The lowest BCUT2D eigenvalue weighted by Gasteiger charge is -2.27. The highest BCUT2D eigenvalue weighted by Gasteiger charge is 2.47. The van der Waals surface area contributed by atoms with E-state index >= 15 is 0 Å². The lowest BCUT2D eigenvalue weighted by Crippen LogP contribution is -2.36. The summed E-state index contributed by atoms with van der Waals surface area (Å²) in [6.07, 6.45) is 3.54. The third-order valence-electron chi connectivity index (χ3n) is 7.01. The zero-order valence-electron chi connectivity index (χ0n) is 22.0. The molecule has 0 radical (unpaired) electrons. The summed E-state index contributed by atoms with van der Waals surface area (Å²) < 4.78 is 17.6. The summed E-state index contributed by atoms with van der Waals surface area (Å²) >= 11 is 0.